The minimum atomic E-state index is -0.459. The van der Waals surface area contributed by atoms with Crippen molar-refractivity contribution < 1.29 is 4.79 Å². The van der Waals surface area contributed by atoms with Crippen LogP contribution in [-0.2, 0) is 0 Å². The Bertz CT molecular complexity index is 705. The highest BCUT2D eigenvalue weighted by Gasteiger charge is 2.16. The van der Waals surface area contributed by atoms with Crippen LogP contribution >= 0.6 is 39.1 Å². The average Bonchev–Trinajstić information content (AvgIpc) is 2.40. The Labute approximate surface area is 134 Å². The molecular weight excluding hydrogens is 363 g/mol. The molecule has 0 aliphatic rings. The van der Waals surface area contributed by atoms with Gasteiger partial charge in [0.25, 0.3) is 5.91 Å². The number of nitrogens with one attached hydrogen (secondary N) is 1. The summed E-state index contributed by atoms with van der Waals surface area (Å²) in [7, 11) is 0. The van der Waals surface area contributed by atoms with Crippen LogP contribution in [0.1, 0.15) is 15.9 Å². The van der Waals surface area contributed by atoms with Crippen molar-refractivity contribution in [3.05, 3.63) is 62.0 Å². The molecule has 0 radical (unpaired) electrons. The largest absolute Gasteiger partial charge is 0.321 e. The molecule has 0 fully saturated rings. The number of rotatable bonds is 2. The molecule has 1 amide bonds. The first-order valence-electron chi connectivity index (χ1n) is 5.48. The van der Waals surface area contributed by atoms with Gasteiger partial charge < -0.3 is 5.32 Å². The molecule has 0 aliphatic heterocycles. The molecule has 0 aromatic heterocycles. The SMILES string of the molecule is N#Cc1cc(Br)ccc1NC(=O)c1c(Cl)cccc1Cl. The molecule has 2 aromatic rings. The minimum Gasteiger partial charge on any atom is -0.321 e. The van der Waals surface area contributed by atoms with E-state index in [4.69, 9.17) is 28.5 Å². The summed E-state index contributed by atoms with van der Waals surface area (Å²) in [6, 6.07) is 11.8. The van der Waals surface area contributed by atoms with Gasteiger partial charge in [0, 0.05) is 4.47 Å². The van der Waals surface area contributed by atoms with Crippen LogP contribution in [0.15, 0.2) is 40.9 Å². The molecule has 1 N–H and O–H groups in total. The second kappa shape index (κ2) is 6.27. The van der Waals surface area contributed by atoms with Gasteiger partial charge in [-0.05, 0) is 30.3 Å². The van der Waals surface area contributed by atoms with E-state index in [0.29, 0.717) is 11.3 Å². The summed E-state index contributed by atoms with van der Waals surface area (Å²) in [6.07, 6.45) is 0. The van der Waals surface area contributed by atoms with Crippen molar-refractivity contribution in [1.82, 2.24) is 0 Å². The van der Waals surface area contributed by atoms with Gasteiger partial charge in [0.1, 0.15) is 6.07 Å². The molecule has 0 atom stereocenters. The lowest BCUT2D eigenvalue weighted by Gasteiger charge is -2.09. The van der Waals surface area contributed by atoms with E-state index >= 15 is 0 Å². The molecule has 0 saturated carbocycles. The summed E-state index contributed by atoms with van der Waals surface area (Å²) in [5, 5.41) is 12.2. The summed E-state index contributed by atoms with van der Waals surface area (Å²) in [5.41, 5.74) is 0.926. The Morgan fingerprint density at radius 1 is 1.20 bits per heavy atom. The lowest BCUT2D eigenvalue weighted by atomic mass is 10.1. The van der Waals surface area contributed by atoms with Gasteiger partial charge in [0.2, 0.25) is 0 Å². The number of carbonyl (C=O) groups is 1. The molecule has 3 nitrogen and oxygen atoms in total. The van der Waals surface area contributed by atoms with Gasteiger partial charge in [-0.3, -0.25) is 4.79 Å². The third-order valence-electron chi connectivity index (χ3n) is 2.54. The van der Waals surface area contributed by atoms with Crippen molar-refractivity contribution in [3.8, 4) is 6.07 Å². The van der Waals surface area contributed by atoms with E-state index in [1.54, 1.807) is 36.4 Å². The third kappa shape index (κ3) is 3.13. The monoisotopic (exact) mass is 368 g/mol. The first kappa shape index (κ1) is 14.9. The van der Waals surface area contributed by atoms with Crippen molar-refractivity contribution in [2.24, 2.45) is 0 Å². The van der Waals surface area contributed by atoms with Crippen LogP contribution in [0.25, 0.3) is 0 Å². The maximum absolute atomic E-state index is 12.2. The number of anilines is 1. The Balaban J connectivity index is 2.36. The quantitative estimate of drug-likeness (QED) is 0.820. The van der Waals surface area contributed by atoms with Gasteiger partial charge in [-0.2, -0.15) is 5.26 Å². The molecule has 0 bridgehead atoms. The normalized spacial score (nSPS) is 9.90. The van der Waals surface area contributed by atoms with E-state index in [1.807, 2.05) is 6.07 Å². The fourth-order valence-electron chi connectivity index (χ4n) is 1.62. The highest BCUT2D eigenvalue weighted by molar-refractivity contribution is 9.10. The van der Waals surface area contributed by atoms with Crippen LogP contribution in [-0.4, -0.2) is 5.91 Å². The summed E-state index contributed by atoms with van der Waals surface area (Å²) >= 11 is 15.2. The van der Waals surface area contributed by atoms with Gasteiger partial charge in [0.15, 0.2) is 0 Å². The number of amides is 1. The first-order chi connectivity index (χ1) is 9.52. The molecule has 0 saturated heterocycles. The topological polar surface area (TPSA) is 52.9 Å². The number of carbonyl (C=O) groups excluding carboxylic acids is 1. The van der Waals surface area contributed by atoms with Crippen LogP contribution in [0.2, 0.25) is 10.0 Å². The molecular formula is C14H7BrCl2N2O. The predicted octanol–water partition coefficient (Wildman–Crippen LogP) is 4.88. The van der Waals surface area contributed by atoms with Crippen molar-refractivity contribution in [2.75, 3.05) is 5.32 Å². The summed E-state index contributed by atoms with van der Waals surface area (Å²) in [5.74, 6) is -0.459. The number of hydrogen-bond donors (Lipinski definition) is 1. The Hall–Kier alpha value is -1.54. The van der Waals surface area contributed by atoms with Gasteiger partial charge in [-0.1, -0.05) is 45.2 Å². The third-order valence-corrected chi connectivity index (χ3v) is 3.66. The Morgan fingerprint density at radius 2 is 1.85 bits per heavy atom. The highest BCUT2D eigenvalue weighted by Crippen LogP contribution is 2.26. The fraction of sp³-hybridized carbons (Fsp3) is 0. The van der Waals surface area contributed by atoms with E-state index in [9.17, 15) is 4.79 Å². The van der Waals surface area contributed by atoms with E-state index in [2.05, 4.69) is 21.2 Å². The van der Waals surface area contributed by atoms with Crippen LogP contribution in [0, 0.1) is 11.3 Å². The first-order valence-corrected chi connectivity index (χ1v) is 7.03. The number of benzene rings is 2. The molecule has 2 aromatic carbocycles. The molecule has 2 rings (SSSR count). The maximum Gasteiger partial charge on any atom is 0.258 e. The fourth-order valence-corrected chi connectivity index (χ4v) is 2.55. The molecule has 0 unspecified atom stereocenters. The van der Waals surface area contributed by atoms with E-state index < -0.39 is 5.91 Å². The zero-order valence-corrected chi connectivity index (χ0v) is 13.1. The van der Waals surface area contributed by atoms with Crippen LogP contribution < -0.4 is 5.32 Å². The van der Waals surface area contributed by atoms with Crippen molar-refractivity contribution >= 4 is 50.7 Å². The van der Waals surface area contributed by atoms with Crippen LogP contribution in [0.4, 0.5) is 5.69 Å². The molecule has 100 valence electrons. The zero-order valence-electron chi connectivity index (χ0n) is 9.95. The lowest BCUT2D eigenvalue weighted by molar-refractivity contribution is 0.102. The van der Waals surface area contributed by atoms with Gasteiger partial charge in [-0.15, -0.1) is 0 Å². The number of nitrogens with zero attached hydrogens (tertiary/aromatic N) is 1. The van der Waals surface area contributed by atoms with Gasteiger partial charge >= 0.3 is 0 Å². The molecule has 0 heterocycles. The summed E-state index contributed by atoms with van der Waals surface area (Å²) in [6.45, 7) is 0. The van der Waals surface area contributed by atoms with Crippen molar-refractivity contribution in [2.45, 2.75) is 0 Å². The Kier molecular flexibility index (Phi) is 4.66. The number of halogens is 3. The average molecular weight is 370 g/mol. The highest BCUT2D eigenvalue weighted by atomic mass is 79.9. The van der Waals surface area contributed by atoms with Crippen molar-refractivity contribution in [3.63, 3.8) is 0 Å². The smallest absolute Gasteiger partial charge is 0.258 e. The lowest BCUT2D eigenvalue weighted by Crippen LogP contribution is -2.14. The molecule has 0 aliphatic carbocycles. The van der Waals surface area contributed by atoms with Gasteiger partial charge in [0.05, 0.1) is 26.9 Å². The Morgan fingerprint density at radius 3 is 2.45 bits per heavy atom. The van der Waals surface area contributed by atoms with E-state index in [-0.39, 0.29) is 15.6 Å². The zero-order chi connectivity index (χ0) is 14.7. The second-order valence-electron chi connectivity index (χ2n) is 3.85. The van der Waals surface area contributed by atoms with E-state index in [1.165, 1.54) is 0 Å². The number of hydrogen-bond acceptors (Lipinski definition) is 2. The molecule has 20 heavy (non-hydrogen) atoms. The summed E-state index contributed by atoms with van der Waals surface area (Å²) < 4.78 is 0.753. The van der Waals surface area contributed by atoms with Gasteiger partial charge in [-0.25, -0.2) is 0 Å². The molecule has 0 spiro atoms. The van der Waals surface area contributed by atoms with Crippen LogP contribution in [0.3, 0.4) is 0 Å². The van der Waals surface area contributed by atoms with E-state index in [0.717, 1.165) is 4.47 Å². The minimum absolute atomic E-state index is 0.183. The summed E-state index contributed by atoms with van der Waals surface area (Å²) in [4.78, 5) is 12.2. The van der Waals surface area contributed by atoms with Crippen molar-refractivity contribution in [1.29, 1.82) is 5.26 Å². The maximum atomic E-state index is 12.2. The predicted molar refractivity (Wildman–Crippen MR) is 83.3 cm³/mol. The standard InChI is InChI=1S/C14H7BrCl2N2O/c15-9-4-5-12(8(6-9)7-18)19-14(20)13-10(16)2-1-3-11(13)17/h1-6H,(H,19,20). The van der Waals surface area contributed by atoms with Crippen LogP contribution in [0.5, 0.6) is 0 Å². The number of nitriles is 1. The second-order valence-corrected chi connectivity index (χ2v) is 5.58. The molecule has 6 heteroatoms.